The Bertz CT molecular complexity index is 746. The molecule has 3 N–H and O–H groups in total. The second-order valence-corrected chi connectivity index (χ2v) is 5.97. The van der Waals surface area contributed by atoms with Gasteiger partial charge >= 0.3 is 0 Å². The fourth-order valence-corrected chi connectivity index (χ4v) is 2.63. The van der Waals surface area contributed by atoms with E-state index in [1.807, 2.05) is 39.8 Å². The van der Waals surface area contributed by atoms with E-state index in [1.54, 1.807) is 12.1 Å². The van der Waals surface area contributed by atoms with Gasteiger partial charge in [0, 0.05) is 18.4 Å². The van der Waals surface area contributed by atoms with Crippen molar-refractivity contribution in [1.82, 2.24) is 10.3 Å². The number of hydrogen-bond donors (Lipinski definition) is 3. The molecule has 1 aromatic carbocycles. The van der Waals surface area contributed by atoms with Crippen LogP contribution in [-0.2, 0) is 4.79 Å². The Hall–Kier alpha value is -2.89. The van der Waals surface area contributed by atoms with Crippen molar-refractivity contribution >= 4 is 23.3 Å². The predicted octanol–water partition coefficient (Wildman–Crippen LogP) is 2.81. The zero-order valence-corrected chi connectivity index (χ0v) is 15.1. The fourth-order valence-electron chi connectivity index (χ4n) is 2.63. The minimum Gasteiger partial charge on any atom is -0.361 e. The van der Waals surface area contributed by atoms with E-state index in [9.17, 15) is 9.59 Å². The van der Waals surface area contributed by atoms with Crippen LogP contribution in [0.5, 0.6) is 0 Å². The molecule has 6 heteroatoms. The highest BCUT2D eigenvalue weighted by molar-refractivity contribution is 5.95. The number of benzene rings is 1. The number of pyridine rings is 1. The number of rotatable bonds is 6. The van der Waals surface area contributed by atoms with E-state index in [2.05, 4.69) is 20.9 Å². The Morgan fingerprint density at radius 3 is 2.32 bits per heavy atom. The van der Waals surface area contributed by atoms with Crippen LogP contribution in [0.1, 0.15) is 34.0 Å². The lowest BCUT2D eigenvalue weighted by molar-refractivity contribution is -0.114. The summed E-state index contributed by atoms with van der Waals surface area (Å²) in [5, 5.41) is 8.60. The van der Waals surface area contributed by atoms with Crippen molar-refractivity contribution in [3.8, 4) is 0 Å². The Labute approximate surface area is 148 Å². The van der Waals surface area contributed by atoms with Gasteiger partial charge in [-0.05, 0) is 51.0 Å². The molecule has 0 unspecified atom stereocenters. The predicted molar refractivity (Wildman–Crippen MR) is 100 cm³/mol. The zero-order chi connectivity index (χ0) is 18.4. The summed E-state index contributed by atoms with van der Waals surface area (Å²) in [6.45, 7) is 8.51. The van der Waals surface area contributed by atoms with Gasteiger partial charge in [0.15, 0.2) is 0 Å². The van der Waals surface area contributed by atoms with Gasteiger partial charge in [0.2, 0.25) is 5.91 Å². The molecule has 0 fully saturated rings. The molecule has 6 nitrogen and oxygen atoms in total. The van der Waals surface area contributed by atoms with Crippen LogP contribution in [0.2, 0.25) is 0 Å². The van der Waals surface area contributed by atoms with Gasteiger partial charge in [0.25, 0.3) is 5.91 Å². The van der Waals surface area contributed by atoms with Crippen molar-refractivity contribution in [3.05, 3.63) is 52.7 Å². The smallest absolute Gasteiger partial charge is 0.252 e. The van der Waals surface area contributed by atoms with E-state index in [1.165, 1.54) is 11.8 Å². The largest absolute Gasteiger partial charge is 0.361 e. The third-order valence-corrected chi connectivity index (χ3v) is 3.73. The molecule has 1 heterocycles. The second-order valence-electron chi connectivity index (χ2n) is 5.97. The molecule has 0 atom stereocenters. The van der Waals surface area contributed by atoms with Crippen molar-refractivity contribution in [1.29, 1.82) is 0 Å². The Morgan fingerprint density at radius 2 is 1.76 bits per heavy atom. The topological polar surface area (TPSA) is 83.1 Å². The maximum atomic E-state index is 12.2. The summed E-state index contributed by atoms with van der Waals surface area (Å²) < 4.78 is 0. The molecule has 2 aromatic rings. The van der Waals surface area contributed by atoms with Gasteiger partial charge in [-0.2, -0.15) is 0 Å². The number of nitrogens with zero attached hydrogens (tertiary/aromatic N) is 1. The van der Waals surface area contributed by atoms with E-state index in [0.717, 1.165) is 16.8 Å². The first-order chi connectivity index (χ1) is 11.9. The van der Waals surface area contributed by atoms with Crippen LogP contribution >= 0.6 is 0 Å². The minimum atomic E-state index is -0.162. The highest BCUT2D eigenvalue weighted by Gasteiger charge is 2.09. The van der Waals surface area contributed by atoms with Crippen LogP contribution in [0.15, 0.2) is 30.5 Å². The molecule has 0 radical (unpaired) electrons. The lowest BCUT2D eigenvalue weighted by Crippen LogP contribution is -2.24. The van der Waals surface area contributed by atoms with Gasteiger partial charge in [0.05, 0.1) is 12.1 Å². The summed E-state index contributed by atoms with van der Waals surface area (Å²) in [5.41, 5.74) is 4.58. The number of nitrogens with one attached hydrogen (secondary N) is 3. The molecule has 2 amide bonds. The molecule has 0 aliphatic carbocycles. The zero-order valence-electron chi connectivity index (χ0n) is 15.1. The van der Waals surface area contributed by atoms with Crippen molar-refractivity contribution in [2.45, 2.75) is 27.7 Å². The number of aryl methyl sites for hydroxylation is 3. The lowest BCUT2D eigenvalue weighted by atomic mass is 10.1. The quantitative estimate of drug-likeness (QED) is 0.755. The van der Waals surface area contributed by atoms with E-state index in [4.69, 9.17) is 0 Å². The van der Waals surface area contributed by atoms with E-state index >= 15 is 0 Å². The van der Waals surface area contributed by atoms with Crippen molar-refractivity contribution in [3.63, 3.8) is 0 Å². The molecule has 0 saturated carbocycles. The summed E-state index contributed by atoms with van der Waals surface area (Å²) in [6, 6.07) is 7.43. The summed E-state index contributed by atoms with van der Waals surface area (Å²) in [6.07, 6.45) is 1.49. The van der Waals surface area contributed by atoms with Crippen LogP contribution in [0.4, 0.5) is 11.5 Å². The normalized spacial score (nSPS) is 10.2. The molecule has 0 aliphatic rings. The van der Waals surface area contributed by atoms with Crippen LogP contribution in [0.25, 0.3) is 0 Å². The molecule has 0 spiro atoms. The molecular formula is C19H24N4O2. The first kappa shape index (κ1) is 18.4. The summed E-state index contributed by atoms with van der Waals surface area (Å²) in [4.78, 5) is 28.0. The van der Waals surface area contributed by atoms with Crippen molar-refractivity contribution in [2.24, 2.45) is 0 Å². The van der Waals surface area contributed by atoms with Gasteiger partial charge in [-0.1, -0.05) is 17.7 Å². The van der Waals surface area contributed by atoms with Gasteiger partial charge in [-0.3, -0.25) is 9.59 Å². The second kappa shape index (κ2) is 8.28. The number of anilines is 2. The minimum absolute atomic E-state index is 0.0975. The summed E-state index contributed by atoms with van der Waals surface area (Å²) in [5.74, 6) is 0.231. The van der Waals surface area contributed by atoms with Crippen LogP contribution < -0.4 is 16.0 Å². The number of hydrogen-bond acceptors (Lipinski definition) is 4. The first-order valence-corrected chi connectivity index (χ1v) is 8.26. The number of aromatic nitrogens is 1. The molecule has 1 aromatic heterocycles. The van der Waals surface area contributed by atoms with Crippen LogP contribution in [0.3, 0.4) is 0 Å². The van der Waals surface area contributed by atoms with Gasteiger partial charge < -0.3 is 16.0 Å². The van der Waals surface area contributed by atoms with E-state index in [0.29, 0.717) is 17.9 Å². The molecule has 25 heavy (non-hydrogen) atoms. The monoisotopic (exact) mass is 340 g/mol. The Morgan fingerprint density at radius 1 is 1.08 bits per heavy atom. The van der Waals surface area contributed by atoms with Gasteiger partial charge in [0.1, 0.15) is 5.82 Å². The molecule has 0 aliphatic heterocycles. The van der Waals surface area contributed by atoms with Crippen molar-refractivity contribution in [2.75, 3.05) is 23.7 Å². The average Bonchev–Trinajstić information content (AvgIpc) is 2.57. The van der Waals surface area contributed by atoms with Crippen LogP contribution in [0, 0.1) is 20.8 Å². The number of carbonyl (C=O) groups is 2. The van der Waals surface area contributed by atoms with E-state index in [-0.39, 0.29) is 18.4 Å². The molecule has 132 valence electrons. The average molecular weight is 340 g/mol. The first-order valence-electron chi connectivity index (χ1n) is 8.26. The third kappa shape index (κ3) is 5.04. The Balaban J connectivity index is 1.93. The highest BCUT2D eigenvalue weighted by Crippen LogP contribution is 2.21. The highest BCUT2D eigenvalue weighted by atomic mass is 16.2. The molecule has 0 bridgehead atoms. The van der Waals surface area contributed by atoms with E-state index < -0.39 is 0 Å². The lowest BCUT2D eigenvalue weighted by Gasteiger charge is -2.13. The summed E-state index contributed by atoms with van der Waals surface area (Å²) >= 11 is 0. The molecule has 2 rings (SSSR count). The molecular weight excluding hydrogens is 316 g/mol. The maximum Gasteiger partial charge on any atom is 0.252 e. The number of amides is 2. The maximum absolute atomic E-state index is 12.2. The molecule has 0 saturated heterocycles. The van der Waals surface area contributed by atoms with Gasteiger partial charge in [-0.25, -0.2) is 4.98 Å². The number of carbonyl (C=O) groups excluding carboxylic acids is 2. The van der Waals surface area contributed by atoms with Crippen LogP contribution in [-0.4, -0.2) is 29.9 Å². The fraction of sp³-hybridized carbons (Fsp3) is 0.316. The standard InChI is InChI=1S/C19H24N4O2/c1-5-20-19(25)15-6-7-16(21-10-15)22-11-17(24)23-18-13(3)8-12(2)9-14(18)4/h6-10H,5,11H2,1-4H3,(H,20,25)(H,21,22)(H,23,24). The summed E-state index contributed by atoms with van der Waals surface area (Å²) in [7, 11) is 0. The third-order valence-electron chi connectivity index (χ3n) is 3.73. The van der Waals surface area contributed by atoms with Crippen molar-refractivity contribution < 1.29 is 9.59 Å². The Kier molecular flexibility index (Phi) is 6.11. The van der Waals surface area contributed by atoms with Gasteiger partial charge in [-0.15, -0.1) is 0 Å². The SMILES string of the molecule is CCNC(=O)c1ccc(NCC(=O)Nc2c(C)cc(C)cc2C)nc1.